The van der Waals surface area contributed by atoms with Gasteiger partial charge in [0, 0.05) is 30.7 Å². The average molecular weight is 302 g/mol. The number of anilines is 1. The van der Waals surface area contributed by atoms with Crippen molar-refractivity contribution in [2.24, 2.45) is 0 Å². The molecule has 0 aromatic heterocycles. The van der Waals surface area contributed by atoms with Gasteiger partial charge in [-0.2, -0.15) is 0 Å². The SMILES string of the molecule is COCC(O)CN(C)c1ccc(C=O)cc1Br. The van der Waals surface area contributed by atoms with E-state index >= 15 is 0 Å². The van der Waals surface area contributed by atoms with Crippen molar-refractivity contribution in [3.63, 3.8) is 0 Å². The molecule has 1 atom stereocenters. The summed E-state index contributed by atoms with van der Waals surface area (Å²) >= 11 is 3.40. The van der Waals surface area contributed by atoms with Gasteiger partial charge < -0.3 is 14.7 Å². The molecule has 0 fully saturated rings. The largest absolute Gasteiger partial charge is 0.389 e. The molecule has 5 heteroatoms. The van der Waals surface area contributed by atoms with Crippen molar-refractivity contribution in [3.8, 4) is 0 Å². The Labute approximate surface area is 109 Å². The van der Waals surface area contributed by atoms with E-state index in [4.69, 9.17) is 4.74 Å². The van der Waals surface area contributed by atoms with Crippen molar-refractivity contribution in [2.45, 2.75) is 6.10 Å². The number of likely N-dealkylation sites (N-methyl/N-ethyl adjacent to an activating group) is 1. The lowest BCUT2D eigenvalue weighted by molar-refractivity contribution is 0.0695. The molecule has 1 aromatic rings. The van der Waals surface area contributed by atoms with E-state index in [0.29, 0.717) is 18.7 Å². The molecule has 4 nitrogen and oxygen atoms in total. The van der Waals surface area contributed by atoms with Gasteiger partial charge >= 0.3 is 0 Å². The highest BCUT2D eigenvalue weighted by Crippen LogP contribution is 2.26. The second-order valence-corrected chi connectivity index (χ2v) is 4.67. The summed E-state index contributed by atoms with van der Waals surface area (Å²) in [4.78, 5) is 12.5. The molecule has 1 unspecified atom stereocenters. The highest BCUT2D eigenvalue weighted by Gasteiger charge is 2.11. The van der Waals surface area contributed by atoms with Crippen LogP contribution >= 0.6 is 15.9 Å². The van der Waals surface area contributed by atoms with Crippen molar-refractivity contribution < 1.29 is 14.6 Å². The predicted octanol–water partition coefficient (Wildman–Crippen LogP) is 1.71. The molecule has 0 radical (unpaired) electrons. The molecule has 1 aromatic carbocycles. The fourth-order valence-electron chi connectivity index (χ4n) is 1.57. The van der Waals surface area contributed by atoms with Crippen LogP contribution in [0.15, 0.2) is 22.7 Å². The van der Waals surface area contributed by atoms with Crippen molar-refractivity contribution in [1.29, 1.82) is 0 Å². The van der Waals surface area contributed by atoms with Crippen molar-refractivity contribution in [2.75, 3.05) is 32.2 Å². The van der Waals surface area contributed by atoms with Crippen molar-refractivity contribution >= 4 is 27.9 Å². The van der Waals surface area contributed by atoms with Gasteiger partial charge in [0.15, 0.2) is 0 Å². The van der Waals surface area contributed by atoms with Gasteiger partial charge in [0.25, 0.3) is 0 Å². The van der Waals surface area contributed by atoms with Crippen LogP contribution in [0.5, 0.6) is 0 Å². The number of methoxy groups -OCH3 is 1. The van der Waals surface area contributed by atoms with Gasteiger partial charge in [-0.15, -0.1) is 0 Å². The van der Waals surface area contributed by atoms with Crippen LogP contribution < -0.4 is 4.90 Å². The fraction of sp³-hybridized carbons (Fsp3) is 0.417. The lowest BCUT2D eigenvalue weighted by Crippen LogP contribution is -2.32. The lowest BCUT2D eigenvalue weighted by atomic mass is 10.2. The van der Waals surface area contributed by atoms with Gasteiger partial charge in [-0.05, 0) is 34.1 Å². The van der Waals surface area contributed by atoms with Crippen LogP contribution in [-0.2, 0) is 4.74 Å². The minimum absolute atomic E-state index is 0.300. The smallest absolute Gasteiger partial charge is 0.150 e. The molecule has 17 heavy (non-hydrogen) atoms. The van der Waals surface area contributed by atoms with Gasteiger partial charge in [-0.25, -0.2) is 0 Å². The van der Waals surface area contributed by atoms with Crippen LogP contribution in [0.3, 0.4) is 0 Å². The van der Waals surface area contributed by atoms with Gasteiger partial charge in [-0.3, -0.25) is 4.79 Å². The van der Waals surface area contributed by atoms with Gasteiger partial charge in [0.1, 0.15) is 6.29 Å². The van der Waals surface area contributed by atoms with E-state index < -0.39 is 6.10 Å². The van der Waals surface area contributed by atoms with E-state index in [0.717, 1.165) is 16.4 Å². The molecule has 0 aliphatic heterocycles. The maximum atomic E-state index is 10.6. The molecule has 0 saturated carbocycles. The summed E-state index contributed by atoms with van der Waals surface area (Å²) in [6.07, 6.45) is 0.261. The molecular formula is C12H16BrNO3. The number of hydrogen-bond donors (Lipinski definition) is 1. The van der Waals surface area contributed by atoms with E-state index in [1.54, 1.807) is 19.2 Å². The maximum absolute atomic E-state index is 10.6. The summed E-state index contributed by atoms with van der Waals surface area (Å²) < 4.78 is 5.70. The molecule has 1 rings (SSSR count). The molecule has 0 spiro atoms. The number of benzene rings is 1. The Morgan fingerprint density at radius 1 is 1.59 bits per heavy atom. The van der Waals surface area contributed by atoms with Crippen LogP contribution in [0.2, 0.25) is 0 Å². The number of carbonyl (C=O) groups is 1. The zero-order chi connectivity index (χ0) is 12.8. The summed E-state index contributed by atoms with van der Waals surface area (Å²) in [5.74, 6) is 0. The number of rotatable bonds is 6. The third kappa shape index (κ3) is 4.11. The Bertz CT molecular complexity index is 384. The first kappa shape index (κ1) is 14.2. The number of halogens is 1. The molecule has 1 N–H and O–H groups in total. The van der Waals surface area contributed by atoms with Crippen LogP contribution in [0, 0.1) is 0 Å². The van der Waals surface area contributed by atoms with Gasteiger partial charge in [0.05, 0.1) is 18.4 Å². The van der Waals surface area contributed by atoms with Crippen LogP contribution in [-0.4, -0.2) is 44.8 Å². The molecule has 0 aliphatic rings. The van der Waals surface area contributed by atoms with E-state index in [1.807, 2.05) is 18.0 Å². The van der Waals surface area contributed by atoms with Gasteiger partial charge in [0.2, 0.25) is 0 Å². The molecule has 0 saturated heterocycles. The minimum Gasteiger partial charge on any atom is -0.389 e. The Kier molecular flexibility index (Phi) is 5.61. The average Bonchev–Trinajstić information content (AvgIpc) is 2.28. The fourth-order valence-corrected chi connectivity index (χ4v) is 2.26. The summed E-state index contributed by atoms with van der Waals surface area (Å²) in [6, 6.07) is 5.33. The van der Waals surface area contributed by atoms with Crippen LogP contribution in [0.1, 0.15) is 10.4 Å². The Balaban J connectivity index is 2.74. The van der Waals surface area contributed by atoms with E-state index in [1.165, 1.54) is 0 Å². The Hall–Kier alpha value is -0.910. The highest BCUT2D eigenvalue weighted by molar-refractivity contribution is 9.10. The first-order valence-electron chi connectivity index (χ1n) is 5.21. The molecular weight excluding hydrogens is 286 g/mol. The van der Waals surface area contributed by atoms with Crippen LogP contribution in [0.4, 0.5) is 5.69 Å². The quantitative estimate of drug-likeness (QED) is 0.813. The zero-order valence-electron chi connectivity index (χ0n) is 9.89. The standard InChI is InChI=1S/C12H16BrNO3/c1-14(6-10(16)8-17-2)12-4-3-9(7-15)5-11(12)13/h3-5,7,10,16H,6,8H2,1-2H3. The topological polar surface area (TPSA) is 49.8 Å². The van der Waals surface area contributed by atoms with Crippen LogP contribution in [0.25, 0.3) is 0 Å². The number of nitrogens with zero attached hydrogens (tertiary/aromatic N) is 1. The number of aliphatic hydroxyl groups is 1. The third-order valence-electron chi connectivity index (χ3n) is 2.36. The molecule has 0 heterocycles. The first-order valence-corrected chi connectivity index (χ1v) is 6.00. The second kappa shape index (κ2) is 6.74. The lowest BCUT2D eigenvalue weighted by Gasteiger charge is -2.23. The maximum Gasteiger partial charge on any atom is 0.150 e. The third-order valence-corrected chi connectivity index (χ3v) is 3.00. The molecule has 94 valence electrons. The molecule has 0 bridgehead atoms. The summed E-state index contributed by atoms with van der Waals surface area (Å²) in [5, 5.41) is 9.63. The summed E-state index contributed by atoms with van der Waals surface area (Å²) in [7, 11) is 3.43. The molecule has 0 aliphatic carbocycles. The second-order valence-electron chi connectivity index (χ2n) is 3.82. The highest BCUT2D eigenvalue weighted by atomic mass is 79.9. The van der Waals surface area contributed by atoms with E-state index in [9.17, 15) is 9.90 Å². The van der Waals surface area contributed by atoms with Gasteiger partial charge in [-0.1, -0.05) is 0 Å². The number of ether oxygens (including phenoxy) is 1. The monoisotopic (exact) mass is 301 g/mol. The van der Waals surface area contributed by atoms with Crippen molar-refractivity contribution in [3.05, 3.63) is 28.2 Å². The Morgan fingerprint density at radius 3 is 2.82 bits per heavy atom. The predicted molar refractivity (Wildman–Crippen MR) is 70.7 cm³/mol. The van der Waals surface area contributed by atoms with Crippen molar-refractivity contribution in [1.82, 2.24) is 0 Å². The summed E-state index contributed by atoms with van der Waals surface area (Å²) in [6.45, 7) is 0.765. The number of carbonyl (C=O) groups excluding carboxylic acids is 1. The number of aldehydes is 1. The normalized spacial score (nSPS) is 12.2. The Morgan fingerprint density at radius 2 is 2.29 bits per heavy atom. The zero-order valence-corrected chi connectivity index (χ0v) is 11.5. The number of aliphatic hydroxyl groups excluding tert-OH is 1. The van der Waals surface area contributed by atoms with E-state index in [-0.39, 0.29) is 0 Å². The minimum atomic E-state index is -0.539. The first-order chi connectivity index (χ1) is 8.08. The summed E-state index contributed by atoms with van der Waals surface area (Å²) in [5.41, 5.74) is 1.54. The number of hydrogen-bond acceptors (Lipinski definition) is 4. The molecule has 0 amide bonds. The van der Waals surface area contributed by atoms with E-state index in [2.05, 4.69) is 15.9 Å².